The van der Waals surface area contributed by atoms with Crippen molar-refractivity contribution in [2.75, 3.05) is 6.54 Å². The first-order valence-corrected chi connectivity index (χ1v) is 5.67. The van der Waals surface area contributed by atoms with Gasteiger partial charge in [0.1, 0.15) is 6.04 Å². The molecule has 15 heavy (non-hydrogen) atoms. The van der Waals surface area contributed by atoms with E-state index in [9.17, 15) is 9.90 Å². The van der Waals surface area contributed by atoms with E-state index < -0.39 is 17.6 Å². The molecular formula is C11H23NO3. The van der Waals surface area contributed by atoms with Crippen LogP contribution >= 0.6 is 0 Å². The van der Waals surface area contributed by atoms with E-state index >= 15 is 0 Å². The zero-order chi connectivity index (χ0) is 11.9. The standard InChI is InChI=1S/C11H23NO3/c1-4-7-9(10(13)14)12-8-11(15,5-2)6-3/h9,12,15H,4-8H2,1-3H3,(H,13,14). The smallest absolute Gasteiger partial charge is 0.320 e. The molecule has 0 spiro atoms. The molecule has 0 bridgehead atoms. The molecule has 0 amide bonds. The van der Waals surface area contributed by atoms with E-state index in [0.717, 1.165) is 6.42 Å². The number of nitrogens with one attached hydrogen (secondary N) is 1. The van der Waals surface area contributed by atoms with E-state index in [0.29, 0.717) is 25.8 Å². The maximum atomic E-state index is 10.8. The Hall–Kier alpha value is -0.610. The predicted octanol–water partition coefficient (Wildman–Crippen LogP) is 1.38. The van der Waals surface area contributed by atoms with Crippen LogP contribution in [0.15, 0.2) is 0 Å². The van der Waals surface area contributed by atoms with E-state index in [1.54, 1.807) is 0 Å². The van der Waals surface area contributed by atoms with Gasteiger partial charge in [0.15, 0.2) is 0 Å². The average Bonchev–Trinajstić information content (AvgIpc) is 2.23. The van der Waals surface area contributed by atoms with Crippen molar-refractivity contribution in [1.82, 2.24) is 5.32 Å². The summed E-state index contributed by atoms with van der Waals surface area (Å²) in [6.45, 7) is 6.10. The number of hydrogen-bond acceptors (Lipinski definition) is 3. The lowest BCUT2D eigenvalue weighted by molar-refractivity contribution is -0.140. The second kappa shape index (κ2) is 6.80. The van der Waals surface area contributed by atoms with Crippen molar-refractivity contribution in [3.63, 3.8) is 0 Å². The van der Waals surface area contributed by atoms with E-state index in [1.807, 2.05) is 20.8 Å². The third-order valence-corrected chi connectivity index (χ3v) is 2.87. The van der Waals surface area contributed by atoms with Gasteiger partial charge in [0, 0.05) is 6.54 Å². The van der Waals surface area contributed by atoms with Gasteiger partial charge >= 0.3 is 5.97 Å². The molecule has 0 rings (SSSR count). The first-order valence-electron chi connectivity index (χ1n) is 5.67. The van der Waals surface area contributed by atoms with Gasteiger partial charge < -0.3 is 15.5 Å². The second-order valence-electron chi connectivity index (χ2n) is 3.99. The Balaban J connectivity index is 4.13. The van der Waals surface area contributed by atoms with Gasteiger partial charge in [0.2, 0.25) is 0 Å². The van der Waals surface area contributed by atoms with Crippen molar-refractivity contribution < 1.29 is 15.0 Å². The molecule has 0 aliphatic carbocycles. The molecule has 0 aliphatic rings. The third kappa shape index (κ3) is 5.14. The minimum atomic E-state index is -0.841. The fourth-order valence-corrected chi connectivity index (χ4v) is 1.41. The number of carboxylic acid groups (broad SMARTS) is 1. The third-order valence-electron chi connectivity index (χ3n) is 2.87. The normalized spacial score (nSPS) is 13.9. The molecule has 4 nitrogen and oxygen atoms in total. The molecule has 1 atom stereocenters. The first kappa shape index (κ1) is 14.4. The van der Waals surface area contributed by atoms with Crippen molar-refractivity contribution in [3.8, 4) is 0 Å². The SMILES string of the molecule is CCCC(NCC(O)(CC)CC)C(=O)O. The van der Waals surface area contributed by atoms with Crippen molar-refractivity contribution in [3.05, 3.63) is 0 Å². The Kier molecular flexibility index (Phi) is 6.52. The number of hydrogen-bond donors (Lipinski definition) is 3. The zero-order valence-electron chi connectivity index (χ0n) is 9.92. The highest BCUT2D eigenvalue weighted by Gasteiger charge is 2.25. The Labute approximate surface area is 91.7 Å². The predicted molar refractivity (Wildman–Crippen MR) is 59.9 cm³/mol. The van der Waals surface area contributed by atoms with E-state index in [4.69, 9.17) is 5.11 Å². The minimum Gasteiger partial charge on any atom is -0.480 e. The summed E-state index contributed by atoms with van der Waals surface area (Å²) in [4.78, 5) is 10.8. The molecule has 0 radical (unpaired) electrons. The molecule has 1 unspecified atom stereocenters. The monoisotopic (exact) mass is 217 g/mol. The van der Waals surface area contributed by atoms with Crippen LogP contribution < -0.4 is 5.32 Å². The van der Waals surface area contributed by atoms with Crippen molar-refractivity contribution in [2.45, 2.75) is 58.1 Å². The Bertz CT molecular complexity index is 190. The lowest BCUT2D eigenvalue weighted by Crippen LogP contribution is -2.46. The molecule has 0 fully saturated rings. The highest BCUT2D eigenvalue weighted by Crippen LogP contribution is 2.13. The van der Waals surface area contributed by atoms with Crippen molar-refractivity contribution in [2.24, 2.45) is 0 Å². The quantitative estimate of drug-likeness (QED) is 0.574. The molecule has 0 heterocycles. The topological polar surface area (TPSA) is 69.6 Å². The highest BCUT2D eigenvalue weighted by atomic mass is 16.4. The first-order chi connectivity index (χ1) is 6.99. The highest BCUT2D eigenvalue weighted by molar-refractivity contribution is 5.73. The van der Waals surface area contributed by atoms with Crippen LogP contribution in [0.5, 0.6) is 0 Å². The Morgan fingerprint density at radius 1 is 1.33 bits per heavy atom. The van der Waals surface area contributed by atoms with Crippen LogP contribution in [0.1, 0.15) is 46.5 Å². The van der Waals surface area contributed by atoms with E-state index in [-0.39, 0.29) is 0 Å². The molecule has 0 aliphatic heterocycles. The molecule has 0 saturated heterocycles. The van der Waals surface area contributed by atoms with Gasteiger partial charge in [0.25, 0.3) is 0 Å². The van der Waals surface area contributed by atoms with Gasteiger partial charge in [-0.2, -0.15) is 0 Å². The lowest BCUT2D eigenvalue weighted by atomic mass is 9.97. The molecular weight excluding hydrogens is 194 g/mol. The zero-order valence-corrected chi connectivity index (χ0v) is 9.92. The van der Waals surface area contributed by atoms with Crippen LogP contribution in [0, 0.1) is 0 Å². The molecule has 0 aromatic rings. The van der Waals surface area contributed by atoms with Gasteiger partial charge in [-0.3, -0.25) is 4.79 Å². The molecule has 4 heteroatoms. The van der Waals surface area contributed by atoms with Crippen LogP contribution in [0.25, 0.3) is 0 Å². The summed E-state index contributed by atoms with van der Waals surface area (Å²) in [6, 6.07) is -0.542. The van der Waals surface area contributed by atoms with Crippen LogP contribution in [0.3, 0.4) is 0 Å². The summed E-state index contributed by atoms with van der Waals surface area (Å²) in [5.41, 5.74) is -0.776. The summed E-state index contributed by atoms with van der Waals surface area (Å²) < 4.78 is 0. The lowest BCUT2D eigenvalue weighted by Gasteiger charge is -2.27. The number of rotatable bonds is 8. The summed E-state index contributed by atoms with van der Waals surface area (Å²) in [5, 5.41) is 21.8. The van der Waals surface area contributed by atoms with Crippen LogP contribution in [0.2, 0.25) is 0 Å². The van der Waals surface area contributed by atoms with Gasteiger partial charge in [-0.15, -0.1) is 0 Å². The van der Waals surface area contributed by atoms with Gasteiger partial charge in [-0.05, 0) is 19.3 Å². The Morgan fingerprint density at radius 2 is 1.87 bits per heavy atom. The van der Waals surface area contributed by atoms with Gasteiger partial charge in [-0.1, -0.05) is 27.2 Å². The van der Waals surface area contributed by atoms with Crippen LogP contribution in [0.4, 0.5) is 0 Å². The molecule has 3 N–H and O–H groups in total. The summed E-state index contributed by atoms with van der Waals surface area (Å²) in [5.74, 6) is -0.841. The van der Waals surface area contributed by atoms with E-state index in [2.05, 4.69) is 5.32 Å². The fraction of sp³-hybridized carbons (Fsp3) is 0.909. The fourth-order valence-electron chi connectivity index (χ4n) is 1.41. The molecule has 0 aromatic heterocycles. The van der Waals surface area contributed by atoms with E-state index in [1.165, 1.54) is 0 Å². The van der Waals surface area contributed by atoms with Gasteiger partial charge in [0.05, 0.1) is 5.60 Å². The van der Waals surface area contributed by atoms with Crippen LogP contribution in [-0.2, 0) is 4.79 Å². The molecule has 0 aromatic carbocycles. The number of carbonyl (C=O) groups is 1. The number of aliphatic carboxylic acids is 1. The second-order valence-corrected chi connectivity index (χ2v) is 3.99. The number of aliphatic hydroxyl groups is 1. The average molecular weight is 217 g/mol. The summed E-state index contributed by atoms with van der Waals surface area (Å²) >= 11 is 0. The van der Waals surface area contributed by atoms with Crippen molar-refractivity contribution >= 4 is 5.97 Å². The Morgan fingerprint density at radius 3 is 2.20 bits per heavy atom. The van der Waals surface area contributed by atoms with Gasteiger partial charge in [-0.25, -0.2) is 0 Å². The summed E-state index contributed by atoms with van der Waals surface area (Å²) in [7, 11) is 0. The van der Waals surface area contributed by atoms with Crippen molar-refractivity contribution in [1.29, 1.82) is 0 Å². The summed E-state index contributed by atoms with van der Waals surface area (Å²) in [6.07, 6.45) is 2.68. The largest absolute Gasteiger partial charge is 0.480 e. The minimum absolute atomic E-state index is 0.344. The maximum Gasteiger partial charge on any atom is 0.320 e. The molecule has 0 saturated carbocycles. The maximum absolute atomic E-state index is 10.8. The number of carboxylic acids is 1. The molecule has 90 valence electrons. The van der Waals surface area contributed by atoms with Crippen LogP contribution in [-0.4, -0.2) is 34.4 Å².